The summed E-state index contributed by atoms with van der Waals surface area (Å²) in [6.07, 6.45) is 2.50. The van der Waals surface area contributed by atoms with E-state index in [1.165, 1.54) is 12.6 Å². The second kappa shape index (κ2) is 6.40. The number of hydrogen-bond donors (Lipinski definition) is 2. The Morgan fingerprint density at radius 2 is 1.83 bits per heavy atom. The van der Waals surface area contributed by atoms with E-state index in [4.69, 9.17) is 11.1 Å². The van der Waals surface area contributed by atoms with Crippen molar-refractivity contribution in [3.05, 3.63) is 29.8 Å². The molecular formula is C10H16N2. The van der Waals surface area contributed by atoms with Crippen molar-refractivity contribution >= 4 is 11.9 Å². The maximum Gasteiger partial charge on any atom is 0.0402 e. The molecule has 1 aromatic rings. The minimum atomic E-state index is 0.660. The van der Waals surface area contributed by atoms with E-state index < -0.39 is 0 Å². The van der Waals surface area contributed by atoms with Gasteiger partial charge in [-0.05, 0) is 6.07 Å². The summed E-state index contributed by atoms with van der Waals surface area (Å²) in [6.45, 7) is 4.25. The highest BCUT2D eigenvalue weighted by atomic mass is 14.6. The number of para-hydroxylation sites is 1. The van der Waals surface area contributed by atoms with Gasteiger partial charge < -0.3 is 11.1 Å². The van der Waals surface area contributed by atoms with Crippen LogP contribution in [0.15, 0.2) is 24.3 Å². The second-order valence-corrected chi connectivity index (χ2v) is 2.48. The van der Waals surface area contributed by atoms with Crippen molar-refractivity contribution in [2.24, 2.45) is 0 Å². The summed E-state index contributed by atoms with van der Waals surface area (Å²) in [4.78, 5) is 0. The summed E-state index contributed by atoms with van der Waals surface area (Å²) >= 11 is 0. The molecule has 0 fully saturated rings. The van der Waals surface area contributed by atoms with Crippen LogP contribution in [0.4, 0.5) is 5.69 Å². The van der Waals surface area contributed by atoms with Crippen LogP contribution in [0.3, 0.4) is 0 Å². The molecule has 0 amide bonds. The molecule has 12 heavy (non-hydrogen) atoms. The van der Waals surface area contributed by atoms with Gasteiger partial charge in [0.05, 0.1) is 0 Å². The quantitative estimate of drug-likeness (QED) is 0.486. The SMILES string of the molecule is CCC.N=Cc1ccccc1N. The summed E-state index contributed by atoms with van der Waals surface area (Å²) in [6, 6.07) is 7.29. The van der Waals surface area contributed by atoms with Crippen molar-refractivity contribution in [1.29, 1.82) is 5.41 Å². The van der Waals surface area contributed by atoms with Crippen LogP contribution in [0.2, 0.25) is 0 Å². The Kier molecular flexibility index (Phi) is 5.70. The van der Waals surface area contributed by atoms with Crippen molar-refractivity contribution in [3.8, 4) is 0 Å². The first-order valence-corrected chi connectivity index (χ1v) is 4.11. The number of nitrogens with two attached hydrogens (primary N) is 1. The van der Waals surface area contributed by atoms with E-state index >= 15 is 0 Å². The zero-order valence-corrected chi connectivity index (χ0v) is 7.67. The summed E-state index contributed by atoms with van der Waals surface area (Å²) in [5, 5.41) is 6.88. The first-order chi connectivity index (χ1) is 5.76. The Hall–Kier alpha value is -1.31. The van der Waals surface area contributed by atoms with Gasteiger partial charge in [0, 0.05) is 17.5 Å². The Labute approximate surface area is 73.9 Å². The molecule has 3 N–H and O–H groups in total. The fraction of sp³-hybridized carbons (Fsp3) is 0.300. The molecule has 0 aliphatic heterocycles. The Bertz CT molecular complexity index is 231. The van der Waals surface area contributed by atoms with E-state index in [0.717, 1.165) is 5.56 Å². The van der Waals surface area contributed by atoms with Gasteiger partial charge in [0.25, 0.3) is 0 Å². The standard InChI is InChI=1S/C7H8N2.C3H8/c8-5-6-3-1-2-4-7(6)9;1-3-2/h1-5,8H,9H2;3H2,1-2H3. The summed E-state index contributed by atoms with van der Waals surface area (Å²) in [7, 11) is 0. The first kappa shape index (κ1) is 10.7. The molecule has 0 bridgehead atoms. The fourth-order valence-electron chi connectivity index (χ4n) is 0.642. The van der Waals surface area contributed by atoms with Gasteiger partial charge in [-0.15, -0.1) is 0 Å². The Morgan fingerprint density at radius 1 is 1.33 bits per heavy atom. The normalized spacial score (nSPS) is 8.17. The smallest absolute Gasteiger partial charge is 0.0402 e. The molecule has 2 nitrogen and oxygen atoms in total. The van der Waals surface area contributed by atoms with Crippen LogP contribution in [-0.2, 0) is 0 Å². The molecule has 0 aliphatic rings. The molecule has 0 aliphatic carbocycles. The molecule has 0 saturated carbocycles. The molecule has 66 valence electrons. The zero-order chi connectivity index (χ0) is 9.40. The van der Waals surface area contributed by atoms with Crippen molar-refractivity contribution in [2.75, 3.05) is 5.73 Å². The lowest BCUT2D eigenvalue weighted by molar-refractivity contribution is 1.09. The van der Waals surface area contributed by atoms with Crippen LogP contribution in [0.1, 0.15) is 25.8 Å². The summed E-state index contributed by atoms with van der Waals surface area (Å²) < 4.78 is 0. The monoisotopic (exact) mass is 164 g/mol. The number of anilines is 1. The van der Waals surface area contributed by atoms with Crippen LogP contribution < -0.4 is 5.73 Å². The highest BCUT2D eigenvalue weighted by Crippen LogP contribution is 2.05. The highest BCUT2D eigenvalue weighted by molar-refractivity contribution is 5.84. The predicted octanol–water partition coefficient (Wildman–Crippen LogP) is 2.68. The topological polar surface area (TPSA) is 49.9 Å². The van der Waals surface area contributed by atoms with Crippen molar-refractivity contribution < 1.29 is 0 Å². The molecule has 1 rings (SSSR count). The van der Waals surface area contributed by atoms with Gasteiger partial charge in [0.1, 0.15) is 0 Å². The first-order valence-electron chi connectivity index (χ1n) is 4.11. The van der Waals surface area contributed by atoms with Crippen LogP contribution in [0, 0.1) is 5.41 Å². The van der Waals surface area contributed by atoms with Gasteiger partial charge >= 0.3 is 0 Å². The minimum absolute atomic E-state index is 0.660. The van der Waals surface area contributed by atoms with E-state index in [9.17, 15) is 0 Å². The van der Waals surface area contributed by atoms with Gasteiger partial charge in [-0.2, -0.15) is 0 Å². The van der Waals surface area contributed by atoms with Crippen LogP contribution >= 0.6 is 0 Å². The fourth-order valence-corrected chi connectivity index (χ4v) is 0.642. The van der Waals surface area contributed by atoms with Gasteiger partial charge in [-0.25, -0.2) is 0 Å². The third-order valence-electron chi connectivity index (χ3n) is 1.15. The lowest BCUT2D eigenvalue weighted by Crippen LogP contribution is -1.90. The zero-order valence-electron chi connectivity index (χ0n) is 7.67. The maximum absolute atomic E-state index is 6.88. The largest absolute Gasteiger partial charge is 0.398 e. The Balaban J connectivity index is 0.000000354. The van der Waals surface area contributed by atoms with E-state index in [-0.39, 0.29) is 0 Å². The molecule has 2 heteroatoms. The maximum atomic E-state index is 6.88. The van der Waals surface area contributed by atoms with Crippen LogP contribution in [0.25, 0.3) is 0 Å². The molecule has 0 spiro atoms. The highest BCUT2D eigenvalue weighted by Gasteiger charge is 1.88. The van der Waals surface area contributed by atoms with Gasteiger partial charge in [0.15, 0.2) is 0 Å². The molecule has 0 aromatic heterocycles. The number of nitrogen functional groups attached to an aromatic ring is 1. The second-order valence-electron chi connectivity index (χ2n) is 2.48. The third-order valence-corrected chi connectivity index (χ3v) is 1.15. The number of hydrogen-bond acceptors (Lipinski definition) is 2. The van der Waals surface area contributed by atoms with E-state index in [1.54, 1.807) is 6.07 Å². The minimum Gasteiger partial charge on any atom is -0.398 e. The molecule has 0 heterocycles. The van der Waals surface area contributed by atoms with Crippen molar-refractivity contribution in [1.82, 2.24) is 0 Å². The van der Waals surface area contributed by atoms with E-state index in [1.807, 2.05) is 18.2 Å². The van der Waals surface area contributed by atoms with Crippen molar-refractivity contribution in [3.63, 3.8) is 0 Å². The third kappa shape index (κ3) is 3.76. The lowest BCUT2D eigenvalue weighted by atomic mass is 10.2. The molecular weight excluding hydrogens is 148 g/mol. The van der Waals surface area contributed by atoms with Crippen LogP contribution in [-0.4, -0.2) is 6.21 Å². The predicted molar refractivity (Wildman–Crippen MR) is 54.7 cm³/mol. The Morgan fingerprint density at radius 3 is 2.17 bits per heavy atom. The molecule has 0 saturated heterocycles. The molecule has 0 radical (unpaired) electrons. The molecule has 0 unspecified atom stereocenters. The molecule has 1 aromatic carbocycles. The number of nitrogens with one attached hydrogen (secondary N) is 1. The average Bonchev–Trinajstić information content (AvgIpc) is 2.07. The van der Waals surface area contributed by atoms with Gasteiger partial charge in [-0.3, -0.25) is 0 Å². The van der Waals surface area contributed by atoms with Gasteiger partial charge in [-0.1, -0.05) is 38.5 Å². The average molecular weight is 164 g/mol. The van der Waals surface area contributed by atoms with Gasteiger partial charge in [0.2, 0.25) is 0 Å². The van der Waals surface area contributed by atoms with E-state index in [2.05, 4.69) is 13.8 Å². The molecule has 0 atom stereocenters. The number of rotatable bonds is 1. The van der Waals surface area contributed by atoms with Crippen LogP contribution in [0.5, 0.6) is 0 Å². The summed E-state index contributed by atoms with van der Waals surface area (Å²) in [5.41, 5.74) is 6.92. The van der Waals surface area contributed by atoms with E-state index in [0.29, 0.717) is 5.69 Å². The van der Waals surface area contributed by atoms with Crippen molar-refractivity contribution in [2.45, 2.75) is 20.3 Å². The summed E-state index contributed by atoms with van der Waals surface area (Å²) in [5.74, 6) is 0. The lowest BCUT2D eigenvalue weighted by Gasteiger charge is -1.94. The number of benzene rings is 1.